The quantitative estimate of drug-likeness (QED) is 0.779. The second-order valence-electron chi connectivity index (χ2n) is 6.89. The summed E-state index contributed by atoms with van der Waals surface area (Å²) < 4.78 is 11.5. The summed E-state index contributed by atoms with van der Waals surface area (Å²) in [5.41, 5.74) is 5.20. The number of nitrogens with two attached hydrogens (primary N) is 1. The van der Waals surface area contributed by atoms with Crippen LogP contribution in [0.3, 0.4) is 0 Å². The van der Waals surface area contributed by atoms with Crippen molar-refractivity contribution in [2.24, 2.45) is 5.73 Å². The molecule has 0 bridgehead atoms. The summed E-state index contributed by atoms with van der Waals surface area (Å²) in [7, 11) is 0. The highest BCUT2D eigenvalue weighted by Crippen LogP contribution is 2.40. The van der Waals surface area contributed by atoms with Gasteiger partial charge in [-0.1, -0.05) is 25.7 Å². The Balaban J connectivity index is 1.65. The molecule has 1 heterocycles. The van der Waals surface area contributed by atoms with E-state index in [1.807, 2.05) is 0 Å². The smallest absolute Gasteiger partial charge is 0.237 e. The van der Waals surface area contributed by atoms with Crippen LogP contribution < -0.4 is 11.1 Å². The summed E-state index contributed by atoms with van der Waals surface area (Å²) in [6.07, 6.45) is 10.4. The zero-order valence-corrected chi connectivity index (χ0v) is 12.9. The number of ether oxygens (including phenoxy) is 2. The van der Waals surface area contributed by atoms with Gasteiger partial charge in [-0.15, -0.1) is 0 Å². The third-order valence-electron chi connectivity index (χ3n) is 5.49. The molecule has 3 fully saturated rings. The molecule has 0 radical (unpaired) electrons. The SMILES string of the molecule is NC(=O)C1(NC2CCCCCC2)CCC2(CC1)OCCO2. The van der Waals surface area contributed by atoms with Gasteiger partial charge in [-0.2, -0.15) is 0 Å². The van der Waals surface area contributed by atoms with Crippen LogP contribution in [0.5, 0.6) is 0 Å². The Morgan fingerprint density at radius 1 is 0.952 bits per heavy atom. The van der Waals surface area contributed by atoms with Crippen molar-refractivity contribution in [2.45, 2.75) is 81.6 Å². The summed E-state index contributed by atoms with van der Waals surface area (Å²) in [5, 5.41) is 3.63. The van der Waals surface area contributed by atoms with Gasteiger partial charge in [0, 0.05) is 18.9 Å². The summed E-state index contributed by atoms with van der Waals surface area (Å²) >= 11 is 0. The number of nitrogens with one attached hydrogen (secondary N) is 1. The first-order valence-corrected chi connectivity index (χ1v) is 8.50. The molecule has 3 rings (SSSR count). The molecule has 120 valence electrons. The van der Waals surface area contributed by atoms with E-state index in [-0.39, 0.29) is 5.91 Å². The zero-order valence-electron chi connectivity index (χ0n) is 12.9. The highest BCUT2D eigenvalue weighted by Gasteiger charge is 2.49. The molecule has 1 saturated heterocycles. The van der Waals surface area contributed by atoms with Crippen LogP contribution in [0.4, 0.5) is 0 Å². The van der Waals surface area contributed by atoms with Gasteiger partial charge in [-0.25, -0.2) is 0 Å². The van der Waals surface area contributed by atoms with E-state index in [0.29, 0.717) is 19.3 Å². The van der Waals surface area contributed by atoms with E-state index in [0.717, 1.165) is 38.5 Å². The van der Waals surface area contributed by atoms with Crippen molar-refractivity contribution in [3.63, 3.8) is 0 Å². The van der Waals surface area contributed by atoms with Gasteiger partial charge in [0.1, 0.15) is 0 Å². The predicted molar refractivity (Wildman–Crippen MR) is 79.7 cm³/mol. The molecule has 0 aromatic carbocycles. The molecule has 1 spiro atoms. The van der Waals surface area contributed by atoms with Crippen LogP contribution in [0, 0.1) is 0 Å². The first-order valence-electron chi connectivity index (χ1n) is 8.50. The molecule has 2 saturated carbocycles. The van der Waals surface area contributed by atoms with E-state index in [1.165, 1.54) is 25.7 Å². The normalized spacial score (nSPS) is 29.3. The molecule has 0 aromatic heterocycles. The summed E-state index contributed by atoms with van der Waals surface area (Å²) in [4.78, 5) is 12.1. The molecule has 0 unspecified atom stereocenters. The maximum absolute atomic E-state index is 12.1. The molecule has 3 aliphatic rings. The van der Waals surface area contributed by atoms with E-state index >= 15 is 0 Å². The second kappa shape index (κ2) is 6.23. The van der Waals surface area contributed by atoms with E-state index in [9.17, 15) is 4.79 Å². The molecule has 21 heavy (non-hydrogen) atoms. The number of amides is 1. The van der Waals surface area contributed by atoms with Gasteiger partial charge in [0.2, 0.25) is 5.91 Å². The number of carbonyl (C=O) groups excluding carboxylic acids is 1. The van der Waals surface area contributed by atoms with Gasteiger partial charge in [0.05, 0.1) is 18.8 Å². The van der Waals surface area contributed by atoms with E-state index in [2.05, 4.69) is 5.32 Å². The average molecular weight is 296 g/mol. The van der Waals surface area contributed by atoms with Crippen molar-refractivity contribution >= 4 is 5.91 Å². The van der Waals surface area contributed by atoms with Crippen molar-refractivity contribution in [1.29, 1.82) is 0 Å². The third kappa shape index (κ3) is 3.25. The van der Waals surface area contributed by atoms with Crippen LogP contribution in [0.15, 0.2) is 0 Å². The average Bonchev–Trinajstić information content (AvgIpc) is 2.78. The fourth-order valence-corrected chi connectivity index (χ4v) is 4.12. The largest absolute Gasteiger partial charge is 0.368 e. The van der Waals surface area contributed by atoms with Gasteiger partial charge in [0.15, 0.2) is 5.79 Å². The predicted octanol–water partition coefficient (Wildman–Crippen LogP) is 1.84. The van der Waals surface area contributed by atoms with Crippen LogP contribution in [-0.2, 0) is 14.3 Å². The minimum absolute atomic E-state index is 0.209. The molecule has 1 aliphatic heterocycles. The minimum atomic E-state index is -0.560. The zero-order chi connectivity index (χ0) is 14.8. The number of carbonyl (C=O) groups is 1. The molecule has 0 aromatic rings. The Hall–Kier alpha value is -0.650. The lowest BCUT2D eigenvalue weighted by Gasteiger charge is -2.44. The van der Waals surface area contributed by atoms with Gasteiger partial charge < -0.3 is 20.5 Å². The Labute approximate surface area is 126 Å². The van der Waals surface area contributed by atoms with Crippen molar-refractivity contribution in [2.75, 3.05) is 13.2 Å². The molecule has 5 nitrogen and oxygen atoms in total. The Kier molecular flexibility index (Phi) is 4.52. The Morgan fingerprint density at radius 2 is 1.52 bits per heavy atom. The second-order valence-corrected chi connectivity index (χ2v) is 6.89. The number of hydrogen-bond acceptors (Lipinski definition) is 4. The van der Waals surface area contributed by atoms with E-state index in [4.69, 9.17) is 15.2 Å². The summed E-state index contributed by atoms with van der Waals surface area (Å²) in [6, 6.07) is 0.430. The number of rotatable bonds is 3. The van der Waals surface area contributed by atoms with Crippen LogP contribution in [0.25, 0.3) is 0 Å². The van der Waals surface area contributed by atoms with Crippen molar-refractivity contribution in [3.05, 3.63) is 0 Å². The van der Waals surface area contributed by atoms with Crippen molar-refractivity contribution in [1.82, 2.24) is 5.32 Å². The summed E-state index contributed by atoms with van der Waals surface area (Å²) in [6.45, 7) is 1.33. The molecule has 3 N–H and O–H groups in total. The highest BCUT2D eigenvalue weighted by molar-refractivity contribution is 5.84. The van der Waals surface area contributed by atoms with Crippen LogP contribution in [0.2, 0.25) is 0 Å². The van der Waals surface area contributed by atoms with Gasteiger partial charge in [-0.05, 0) is 25.7 Å². The first-order chi connectivity index (χ1) is 10.1. The number of hydrogen-bond donors (Lipinski definition) is 2. The molecular weight excluding hydrogens is 268 g/mol. The van der Waals surface area contributed by atoms with E-state index in [1.54, 1.807) is 0 Å². The maximum atomic E-state index is 12.1. The molecule has 1 amide bonds. The van der Waals surface area contributed by atoms with E-state index < -0.39 is 11.3 Å². The lowest BCUT2D eigenvalue weighted by molar-refractivity contribution is -0.187. The lowest BCUT2D eigenvalue weighted by atomic mass is 9.77. The Morgan fingerprint density at radius 3 is 2.05 bits per heavy atom. The fourth-order valence-electron chi connectivity index (χ4n) is 4.12. The number of primary amides is 1. The van der Waals surface area contributed by atoms with Crippen molar-refractivity contribution < 1.29 is 14.3 Å². The topological polar surface area (TPSA) is 73.6 Å². The van der Waals surface area contributed by atoms with Crippen LogP contribution >= 0.6 is 0 Å². The Bertz CT molecular complexity index is 362. The van der Waals surface area contributed by atoms with Gasteiger partial charge in [0.25, 0.3) is 0 Å². The molecule has 5 heteroatoms. The minimum Gasteiger partial charge on any atom is -0.368 e. The monoisotopic (exact) mass is 296 g/mol. The van der Waals surface area contributed by atoms with Crippen LogP contribution in [0.1, 0.15) is 64.2 Å². The molecule has 0 atom stereocenters. The van der Waals surface area contributed by atoms with Gasteiger partial charge in [-0.3, -0.25) is 4.79 Å². The summed E-state index contributed by atoms with van der Waals surface area (Å²) in [5.74, 6) is -0.649. The van der Waals surface area contributed by atoms with Crippen molar-refractivity contribution in [3.8, 4) is 0 Å². The molecule has 2 aliphatic carbocycles. The maximum Gasteiger partial charge on any atom is 0.237 e. The lowest BCUT2D eigenvalue weighted by Crippen LogP contribution is -2.62. The molecular formula is C16H28N2O3. The highest BCUT2D eigenvalue weighted by atomic mass is 16.7. The van der Waals surface area contributed by atoms with Gasteiger partial charge >= 0.3 is 0 Å². The standard InChI is InChI=1S/C16H28N2O3/c17-14(19)15(18-13-5-3-1-2-4-6-13)7-9-16(10-8-15)20-11-12-21-16/h13,18H,1-12H2,(H2,17,19). The third-order valence-corrected chi connectivity index (χ3v) is 5.49. The fraction of sp³-hybridized carbons (Fsp3) is 0.938. The van der Waals surface area contributed by atoms with Crippen LogP contribution in [-0.4, -0.2) is 36.5 Å². The first kappa shape index (κ1) is 15.3.